The standard InChI is InChI=1S/C17H27NO3/c1-4-13-7-5-6-10-18(13)12-16(19)15-11-14(20-2)8-9-17(15)21-3/h8-9,11,13,16,19H,4-7,10,12H2,1-3H3. The summed E-state index contributed by atoms with van der Waals surface area (Å²) < 4.78 is 10.6. The van der Waals surface area contributed by atoms with E-state index in [4.69, 9.17) is 9.47 Å². The molecule has 118 valence electrons. The van der Waals surface area contributed by atoms with Crippen LogP contribution in [0.2, 0.25) is 0 Å². The van der Waals surface area contributed by atoms with Crippen LogP contribution in [0.1, 0.15) is 44.3 Å². The zero-order chi connectivity index (χ0) is 15.2. The van der Waals surface area contributed by atoms with Crippen LogP contribution in [-0.4, -0.2) is 43.4 Å². The van der Waals surface area contributed by atoms with Gasteiger partial charge in [-0.2, -0.15) is 0 Å². The number of β-amino-alcohol motifs (C(OH)–C–C–N with tert-alkyl or cyclic N) is 1. The Hall–Kier alpha value is -1.26. The van der Waals surface area contributed by atoms with E-state index in [9.17, 15) is 5.11 Å². The average molecular weight is 293 g/mol. The van der Waals surface area contributed by atoms with Crippen molar-refractivity contribution in [2.24, 2.45) is 0 Å². The first-order valence-electron chi connectivity index (χ1n) is 7.83. The summed E-state index contributed by atoms with van der Waals surface area (Å²) >= 11 is 0. The van der Waals surface area contributed by atoms with E-state index in [1.54, 1.807) is 14.2 Å². The summed E-state index contributed by atoms with van der Waals surface area (Å²) in [4.78, 5) is 2.41. The molecule has 1 aliphatic heterocycles. The van der Waals surface area contributed by atoms with E-state index in [1.807, 2.05) is 18.2 Å². The summed E-state index contributed by atoms with van der Waals surface area (Å²) in [5, 5.41) is 10.6. The van der Waals surface area contributed by atoms with Crippen LogP contribution in [0.3, 0.4) is 0 Å². The fraction of sp³-hybridized carbons (Fsp3) is 0.647. The van der Waals surface area contributed by atoms with Crippen molar-refractivity contribution in [3.63, 3.8) is 0 Å². The maximum Gasteiger partial charge on any atom is 0.124 e. The van der Waals surface area contributed by atoms with Crippen LogP contribution < -0.4 is 9.47 Å². The van der Waals surface area contributed by atoms with Gasteiger partial charge in [0.25, 0.3) is 0 Å². The third-order valence-electron chi connectivity index (χ3n) is 4.42. The van der Waals surface area contributed by atoms with Gasteiger partial charge in [0.15, 0.2) is 0 Å². The van der Waals surface area contributed by atoms with Gasteiger partial charge in [0, 0.05) is 18.2 Å². The molecule has 0 radical (unpaired) electrons. The van der Waals surface area contributed by atoms with Gasteiger partial charge in [-0.3, -0.25) is 4.90 Å². The summed E-state index contributed by atoms with van der Waals surface area (Å²) in [5.74, 6) is 1.46. The Kier molecular flexibility index (Phi) is 5.88. The number of hydrogen-bond donors (Lipinski definition) is 1. The van der Waals surface area contributed by atoms with Crippen LogP contribution in [0, 0.1) is 0 Å². The highest BCUT2D eigenvalue weighted by atomic mass is 16.5. The third kappa shape index (κ3) is 3.89. The van der Waals surface area contributed by atoms with E-state index < -0.39 is 6.10 Å². The number of aliphatic hydroxyl groups excluding tert-OH is 1. The van der Waals surface area contributed by atoms with E-state index in [0.29, 0.717) is 18.3 Å². The molecule has 1 aromatic carbocycles. The van der Waals surface area contributed by atoms with Gasteiger partial charge in [-0.25, -0.2) is 0 Å². The molecule has 1 aromatic rings. The molecule has 2 rings (SSSR count). The summed E-state index contributed by atoms with van der Waals surface area (Å²) in [7, 11) is 3.27. The monoisotopic (exact) mass is 293 g/mol. The summed E-state index contributed by atoms with van der Waals surface area (Å²) in [6.45, 7) is 3.95. The van der Waals surface area contributed by atoms with Gasteiger partial charge in [0.2, 0.25) is 0 Å². The smallest absolute Gasteiger partial charge is 0.124 e. The SMILES string of the molecule is CCC1CCCCN1CC(O)c1cc(OC)ccc1OC. The first kappa shape index (κ1) is 16.1. The highest BCUT2D eigenvalue weighted by Gasteiger charge is 2.25. The molecule has 2 atom stereocenters. The molecule has 1 heterocycles. The number of rotatable bonds is 6. The Labute approximate surface area is 127 Å². The van der Waals surface area contributed by atoms with Crippen LogP contribution in [0.5, 0.6) is 11.5 Å². The number of aliphatic hydroxyl groups is 1. The van der Waals surface area contributed by atoms with Crippen LogP contribution in [0.25, 0.3) is 0 Å². The second-order valence-corrected chi connectivity index (χ2v) is 5.68. The average Bonchev–Trinajstić information content (AvgIpc) is 2.54. The molecular weight excluding hydrogens is 266 g/mol. The van der Waals surface area contributed by atoms with E-state index in [-0.39, 0.29) is 0 Å². The minimum Gasteiger partial charge on any atom is -0.497 e. The topological polar surface area (TPSA) is 41.9 Å². The lowest BCUT2D eigenvalue weighted by Crippen LogP contribution is -2.41. The molecule has 0 amide bonds. The van der Waals surface area contributed by atoms with Crippen molar-refractivity contribution in [2.75, 3.05) is 27.3 Å². The van der Waals surface area contributed by atoms with Gasteiger partial charge in [-0.15, -0.1) is 0 Å². The molecular formula is C17H27NO3. The van der Waals surface area contributed by atoms with Gasteiger partial charge in [-0.05, 0) is 44.0 Å². The second kappa shape index (κ2) is 7.66. The molecule has 1 fully saturated rings. The zero-order valence-electron chi connectivity index (χ0n) is 13.3. The number of methoxy groups -OCH3 is 2. The molecule has 1 N–H and O–H groups in total. The van der Waals surface area contributed by atoms with Crippen molar-refractivity contribution in [3.8, 4) is 11.5 Å². The van der Waals surface area contributed by atoms with Crippen LogP contribution in [0.15, 0.2) is 18.2 Å². The molecule has 21 heavy (non-hydrogen) atoms. The molecule has 0 aliphatic carbocycles. The van der Waals surface area contributed by atoms with E-state index in [0.717, 1.165) is 24.3 Å². The number of nitrogens with zero attached hydrogens (tertiary/aromatic N) is 1. The zero-order valence-corrected chi connectivity index (χ0v) is 13.3. The number of hydrogen-bond acceptors (Lipinski definition) is 4. The van der Waals surface area contributed by atoms with Gasteiger partial charge in [-0.1, -0.05) is 13.3 Å². The first-order chi connectivity index (χ1) is 10.2. The van der Waals surface area contributed by atoms with E-state index in [1.165, 1.54) is 19.3 Å². The number of ether oxygens (including phenoxy) is 2. The Bertz CT molecular complexity index is 450. The fourth-order valence-electron chi connectivity index (χ4n) is 3.18. The molecule has 1 aliphatic rings. The molecule has 1 saturated heterocycles. The minimum atomic E-state index is -0.554. The molecule has 0 bridgehead atoms. The van der Waals surface area contributed by atoms with Crippen molar-refractivity contribution in [1.29, 1.82) is 0 Å². The number of piperidine rings is 1. The predicted octanol–water partition coefficient (Wildman–Crippen LogP) is 3.00. The van der Waals surface area contributed by atoms with Gasteiger partial charge in [0.05, 0.1) is 20.3 Å². The molecule has 4 heteroatoms. The Morgan fingerprint density at radius 1 is 1.29 bits per heavy atom. The lowest BCUT2D eigenvalue weighted by molar-refractivity contribution is 0.0642. The predicted molar refractivity (Wildman–Crippen MR) is 84.0 cm³/mol. The first-order valence-corrected chi connectivity index (χ1v) is 7.83. The molecule has 0 saturated carbocycles. The van der Waals surface area contributed by atoms with Crippen molar-refractivity contribution >= 4 is 0 Å². The van der Waals surface area contributed by atoms with Crippen molar-refractivity contribution in [1.82, 2.24) is 4.90 Å². The minimum absolute atomic E-state index is 0.554. The summed E-state index contributed by atoms with van der Waals surface area (Å²) in [6, 6.07) is 6.16. The van der Waals surface area contributed by atoms with Gasteiger partial charge >= 0.3 is 0 Å². The lowest BCUT2D eigenvalue weighted by atomic mass is 9.98. The van der Waals surface area contributed by atoms with Gasteiger partial charge < -0.3 is 14.6 Å². The van der Waals surface area contributed by atoms with Crippen LogP contribution >= 0.6 is 0 Å². The van der Waals surface area contributed by atoms with E-state index in [2.05, 4.69) is 11.8 Å². The maximum absolute atomic E-state index is 10.6. The van der Waals surface area contributed by atoms with Gasteiger partial charge in [0.1, 0.15) is 11.5 Å². The fourth-order valence-corrected chi connectivity index (χ4v) is 3.18. The Morgan fingerprint density at radius 3 is 2.76 bits per heavy atom. The second-order valence-electron chi connectivity index (χ2n) is 5.68. The Morgan fingerprint density at radius 2 is 2.10 bits per heavy atom. The highest BCUT2D eigenvalue weighted by molar-refractivity contribution is 5.41. The third-order valence-corrected chi connectivity index (χ3v) is 4.42. The highest BCUT2D eigenvalue weighted by Crippen LogP contribution is 2.31. The summed E-state index contributed by atoms with van der Waals surface area (Å²) in [6.07, 6.45) is 4.34. The van der Waals surface area contributed by atoms with Crippen molar-refractivity contribution < 1.29 is 14.6 Å². The van der Waals surface area contributed by atoms with Crippen LogP contribution in [-0.2, 0) is 0 Å². The van der Waals surface area contributed by atoms with Crippen LogP contribution in [0.4, 0.5) is 0 Å². The Balaban J connectivity index is 2.13. The molecule has 0 aromatic heterocycles. The molecule has 2 unspecified atom stereocenters. The molecule has 0 spiro atoms. The van der Waals surface area contributed by atoms with Crippen molar-refractivity contribution in [3.05, 3.63) is 23.8 Å². The normalized spacial score (nSPS) is 21.0. The summed E-state index contributed by atoms with van der Waals surface area (Å²) in [5.41, 5.74) is 0.803. The quantitative estimate of drug-likeness (QED) is 0.875. The number of likely N-dealkylation sites (tertiary alicyclic amines) is 1. The van der Waals surface area contributed by atoms with E-state index >= 15 is 0 Å². The molecule has 4 nitrogen and oxygen atoms in total. The lowest BCUT2D eigenvalue weighted by Gasteiger charge is -2.36. The van der Waals surface area contributed by atoms with Crippen molar-refractivity contribution in [2.45, 2.75) is 44.8 Å². The maximum atomic E-state index is 10.6. The number of benzene rings is 1. The largest absolute Gasteiger partial charge is 0.497 e.